The molecule has 8 heteroatoms. The molecule has 0 aliphatic rings. The lowest BCUT2D eigenvalue weighted by atomic mass is 10.0. The standard InChI is InChI=1S/C14H10N2O5S/c17-14(18)13-15-11-8-4-7-10(9-5-2-1-3-6-9)12(11)16(13)22(19,20)21/h1-8H,(H,17,18)(H,19,20,21). The van der Waals surface area contributed by atoms with E-state index in [2.05, 4.69) is 4.98 Å². The van der Waals surface area contributed by atoms with Crippen molar-refractivity contribution in [2.75, 3.05) is 0 Å². The third kappa shape index (κ3) is 2.24. The first-order valence-electron chi connectivity index (χ1n) is 6.18. The number of para-hydroxylation sites is 1. The van der Waals surface area contributed by atoms with Crippen LogP contribution in [-0.4, -0.2) is 33.0 Å². The molecule has 0 amide bonds. The summed E-state index contributed by atoms with van der Waals surface area (Å²) in [6.45, 7) is 0. The number of carboxylic acid groups (broad SMARTS) is 1. The van der Waals surface area contributed by atoms with E-state index in [1.54, 1.807) is 42.5 Å². The Morgan fingerprint density at radius 3 is 2.32 bits per heavy atom. The fraction of sp³-hybridized carbons (Fsp3) is 0. The lowest BCUT2D eigenvalue weighted by Gasteiger charge is -2.07. The molecular weight excluding hydrogens is 308 g/mol. The fourth-order valence-corrected chi connectivity index (χ4v) is 3.07. The van der Waals surface area contributed by atoms with Gasteiger partial charge in [0.05, 0.1) is 11.0 Å². The Labute approximate surface area is 125 Å². The Bertz CT molecular complexity index is 977. The highest BCUT2D eigenvalue weighted by Gasteiger charge is 2.26. The lowest BCUT2D eigenvalue weighted by Crippen LogP contribution is -2.18. The van der Waals surface area contributed by atoms with E-state index in [4.69, 9.17) is 5.11 Å². The molecule has 3 rings (SSSR count). The third-order valence-corrected chi connectivity index (χ3v) is 3.96. The molecule has 2 aromatic carbocycles. The number of benzene rings is 2. The van der Waals surface area contributed by atoms with Gasteiger partial charge in [0.15, 0.2) is 0 Å². The van der Waals surface area contributed by atoms with Crippen molar-refractivity contribution in [3.8, 4) is 11.1 Å². The summed E-state index contributed by atoms with van der Waals surface area (Å²) >= 11 is 0. The number of hydrogen-bond acceptors (Lipinski definition) is 4. The molecule has 2 N–H and O–H groups in total. The van der Waals surface area contributed by atoms with E-state index in [1.165, 1.54) is 6.07 Å². The number of carbonyl (C=O) groups is 1. The predicted molar refractivity (Wildman–Crippen MR) is 79.1 cm³/mol. The average Bonchev–Trinajstić information content (AvgIpc) is 2.87. The van der Waals surface area contributed by atoms with Gasteiger partial charge in [-0.1, -0.05) is 42.5 Å². The number of nitrogens with zero attached hydrogens (tertiary/aromatic N) is 2. The van der Waals surface area contributed by atoms with E-state index >= 15 is 0 Å². The first kappa shape index (κ1) is 14.2. The Morgan fingerprint density at radius 1 is 1.05 bits per heavy atom. The molecule has 0 aliphatic carbocycles. The maximum Gasteiger partial charge on any atom is 0.373 e. The number of carboxylic acids is 1. The van der Waals surface area contributed by atoms with Gasteiger partial charge in [0.2, 0.25) is 5.82 Å². The largest absolute Gasteiger partial charge is 0.475 e. The molecule has 112 valence electrons. The number of aromatic nitrogens is 2. The molecule has 1 aromatic heterocycles. The Morgan fingerprint density at radius 2 is 1.73 bits per heavy atom. The summed E-state index contributed by atoms with van der Waals surface area (Å²) in [6.07, 6.45) is 0. The zero-order valence-corrected chi connectivity index (χ0v) is 11.9. The molecule has 1 heterocycles. The topological polar surface area (TPSA) is 109 Å². The van der Waals surface area contributed by atoms with Crippen LogP contribution in [-0.2, 0) is 10.3 Å². The molecule has 22 heavy (non-hydrogen) atoms. The van der Waals surface area contributed by atoms with Crippen molar-refractivity contribution < 1.29 is 22.9 Å². The van der Waals surface area contributed by atoms with E-state index in [1.807, 2.05) is 0 Å². The third-order valence-electron chi connectivity index (χ3n) is 3.14. The van der Waals surface area contributed by atoms with E-state index < -0.39 is 22.1 Å². The van der Waals surface area contributed by atoms with Crippen molar-refractivity contribution in [3.63, 3.8) is 0 Å². The van der Waals surface area contributed by atoms with E-state index in [-0.39, 0.29) is 11.0 Å². The molecule has 0 aliphatic heterocycles. The van der Waals surface area contributed by atoms with Gasteiger partial charge in [-0.05, 0) is 11.6 Å². The van der Waals surface area contributed by atoms with Crippen LogP contribution in [0.15, 0.2) is 48.5 Å². The molecule has 7 nitrogen and oxygen atoms in total. The predicted octanol–water partition coefficient (Wildman–Crippen LogP) is 2.05. The van der Waals surface area contributed by atoms with Crippen LogP contribution < -0.4 is 0 Å². The highest BCUT2D eigenvalue weighted by molar-refractivity contribution is 7.84. The first-order chi connectivity index (χ1) is 10.4. The molecule has 0 bridgehead atoms. The summed E-state index contributed by atoms with van der Waals surface area (Å²) in [5.41, 5.74) is 1.32. The van der Waals surface area contributed by atoms with Crippen LogP contribution >= 0.6 is 0 Å². The number of fused-ring (bicyclic) bond motifs is 1. The summed E-state index contributed by atoms with van der Waals surface area (Å²) in [4.78, 5) is 15.0. The number of aromatic carboxylic acids is 1. The maximum atomic E-state index is 11.6. The van der Waals surface area contributed by atoms with Crippen LogP contribution in [0.5, 0.6) is 0 Å². The number of rotatable bonds is 3. The zero-order valence-electron chi connectivity index (χ0n) is 11.0. The fourth-order valence-electron chi connectivity index (χ4n) is 2.31. The van der Waals surface area contributed by atoms with E-state index in [0.29, 0.717) is 15.1 Å². The lowest BCUT2D eigenvalue weighted by molar-refractivity contribution is 0.0682. The second kappa shape index (κ2) is 4.93. The SMILES string of the molecule is O=C(O)c1nc2cccc(-c3ccccc3)c2n1S(=O)(=O)O. The molecular formula is C14H10N2O5S. The number of hydrogen-bond donors (Lipinski definition) is 2. The minimum atomic E-state index is -4.82. The van der Waals surface area contributed by atoms with E-state index in [9.17, 15) is 17.8 Å². The molecule has 0 radical (unpaired) electrons. The minimum Gasteiger partial charge on any atom is -0.475 e. The van der Waals surface area contributed by atoms with Crippen molar-refractivity contribution in [1.29, 1.82) is 0 Å². The molecule has 3 aromatic rings. The van der Waals surface area contributed by atoms with Crippen LogP contribution in [0.2, 0.25) is 0 Å². The highest BCUT2D eigenvalue weighted by Crippen LogP contribution is 2.30. The van der Waals surface area contributed by atoms with Crippen molar-refractivity contribution in [2.24, 2.45) is 0 Å². The van der Waals surface area contributed by atoms with Crippen molar-refractivity contribution in [3.05, 3.63) is 54.4 Å². The monoisotopic (exact) mass is 318 g/mol. The smallest absolute Gasteiger partial charge is 0.373 e. The van der Waals surface area contributed by atoms with Gasteiger partial charge < -0.3 is 5.11 Å². The Kier molecular flexibility index (Phi) is 3.19. The van der Waals surface area contributed by atoms with Crippen molar-refractivity contribution in [1.82, 2.24) is 8.96 Å². The molecule has 0 fully saturated rings. The second-order valence-corrected chi connectivity index (χ2v) is 5.78. The maximum absolute atomic E-state index is 11.6. The molecule has 0 unspecified atom stereocenters. The van der Waals surface area contributed by atoms with Crippen LogP contribution in [0.25, 0.3) is 22.2 Å². The summed E-state index contributed by atoms with van der Waals surface area (Å²) in [5.74, 6) is -2.31. The van der Waals surface area contributed by atoms with Gasteiger partial charge >= 0.3 is 16.3 Å². The van der Waals surface area contributed by atoms with Gasteiger partial charge in [-0.3, -0.25) is 4.55 Å². The van der Waals surface area contributed by atoms with Crippen molar-refractivity contribution >= 4 is 27.3 Å². The summed E-state index contributed by atoms with van der Waals surface area (Å²) in [6, 6.07) is 13.6. The van der Waals surface area contributed by atoms with Crippen LogP contribution in [0, 0.1) is 0 Å². The summed E-state index contributed by atoms with van der Waals surface area (Å²) < 4.78 is 33.0. The van der Waals surface area contributed by atoms with Gasteiger partial charge in [-0.25, -0.2) is 9.78 Å². The van der Waals surface area contributed by atoms with Crippen molar-refractivity contribution in [2.45, 2.75) is 0 Å². The Hall–Kier alpha value is -2.71. The van der Waals surface area contributed by atoms with Crippen LogP contribution in [0.3, 0.4) is 0 Å². The van der Waals surface area contributed by atoms with Gasteiger partial charge in [0.25, 0.3) is 0 Å². The van der Waals surface area contributed by atoms with Gasteiger partial charge in [-0.2, -0.15) is 12.4 Å². The van der Waals surface area contributed by atoms with Gasteiger partial charge in [-0.15, -0.1) is 0 Å². The molecule has 0 atom stereocenters. The van der Waals surface area contributed by atoms with Gasteiger partial charge in [0.1, 0.15) is 0 Å². The first-order valence-corrected chi connectivity index (χ1v) is 7.57. The number of imidazole rings is 1. The van der Waals surface area contributed by atoms with Crippen LogP contribution in [0.4, 0.5) is 0 Å². The summed E-state index contributed by atoms with van der Waals surface area (Å²) in [7, 11) is -4.82. The van der Waals surface area contributed by atoms with E-state index in [0.717, 1.165) is 0 Å². The molecule has 0 saturated heterocycles. The zero-order chi connectivity index (χ0) is 15.9. The van der Waals surface area contributed by atoms with Crippen LogP contribution in [0.1, 0.15) is 10.6 Å². The Balaban J connectivity index is 2.49. The van der Waals surface area contributed by atoms with Gasteiger partial charge in [0, 0.05) is 5.56 Å². The summed E-state index contributed by atoms with van der Waals surface area (Å²) in [5, 5.41) is 9.13. The highest BCUT2D eigenvalue weighted by atomic mass is 32.2. The normalized spacial score (nSPS) is 11.7. The average molecular weight is 318 g/mol. The minimum absolute atomic E-state index is 0.0219. The second-order valence-electron chi connectivity index (χ2n) is 4.52. The quantitative estimate of drug-likeness (QED) is 0.715. The molecule has 0 spiro atoms. The molecule has 0 saturated carbocycles.